The van der Waals surface area contributed by atoms with Gasteiger partial charge in [-0.2, -0.15) is 0 Å². The fourth-order valence-corrected chi connectivity index (χ4v) is 5.07. The Kier molecular flexibility index (Phi) is 9.97. The molecule has 2 aromatic carbocycles. The zero-order valence-corrected chi connectivity index (χ0v) is 26.2. The molecule has 0 aliphatic heterocycles. The maximum absolute atomic E-state index is 11.1. The molecule has 220 valence electrons. The maximum Gasteiger partial charge on any atom is 0.128 e. The molecule has 0 heterocycles. The van der Waals surface area contributed by atoms with E-state index in [1.807, 2.05) is 52.0 Å². The van der Waals surface area contributed by atoms with E-state index in [9.17, 15) is 10.2 Å². The second-order valence-corrected chi connectivity index (χ2v) is 13.6. The summed E-state index contributed by atoms with van der Waals surface area (Å²) in [7, 11) is 0. The Morgan fingerprint density at radius 1 is 0.675 bits per heavy atom. The van der Waals surface area contributed by atoms with E-state index < -0.39 is 0 Å². The Balaban J connectivity index is 1.94. The van der Waals surface area contributed by atoms with Crippen LogP contribution in [0.2, 0.25) is 0 Å². The molecule has 0 saturated heterocycles. The zero-order valence-electron chi connectivity index (χ0n) is 26.2. The molecule has 2 atom stereocenters. The van der Waals surface area contributed by atoms with Gasteiger partial charge >= 0.3 is 0 Å². The number of phenols is 2. The van der Waals surface area contributed by atoms with Gasteiger partial charge < -0.3 is 19.7 Å². The number of aromatic hydroxyl groups is 2. The number of ether oxygens (including phenoxy) is 2. The Labute approximate surface area is 241 Å². The number of benzene rings is 2. The molecular formula is C34H50N2O4. The van der Waals surface area contributed by atoms with Gasteiger partial charge in [0.15, 0.2) is 0 Å². The van der Waals surface area contributed by atoms with Crippen LogP contribution in [0.5, 0.6) is 23.0 Å². The first kappa shape index (κ1) is 31.5. The minimum Gasteiger partial charge on any atom is -0.507 e. The van der Waals surface area contributed by atoms with Crippen molar-refractivity contribution in [3.8, 4) is 23.0 Å². The standard InChI is InChI=1S/C34H50N2O4/c1-21(2)39-25-15-23(31(37)27(17-25)33(5,6)7)19-35-29-13-11-12-14-30(29)36-20-24-16-26(40-22(3)4)18-28(32(24)38)34(8,9)10/h15-22,29-30,37-38H,11-14H2,1-10H3. The summed E-state index contributed by atoms with van der Waals surface area (Å²) in [6.07, 6.45) is 7.62. The van der Waals surface area contributed by atoms with Crippen molar-refractivity contribution in [2.75, 3.05) is 0 Å². The highest BCUT2D eigenvalue weighted by Crippen LogP contribution is 2.38. The van der Waals surface area contributed by atoms with E-state index in [4.69, 9.17) is 19.5 Å². The minimum absolute atomic E-state index is 0.0171. The van der Waals surface area contributed by atoms with Crippen LogP contribution in [0.15, 0.2) is 34.3 Å². The molecule has 2 aromatic rings. The molecule has 2 unspecified atom stereocenters. The van der Waals surface area contributed by atoms with Crippen molar-refractivity contribution in [1.82, 2.24) is 0 Å². The van der Waals surface area contributed by atoms with Crippen molar-refractivity contribution in [3.05, 3.63) is 46.5 Å². The lowest BCUT2D eigenvalue weighted by Crippen LogP contribution is -2.27. The second kappa shape index (κ2) is 12.7. The van der Waals surface area contributed by atoms with Gasteiger partial charge in [0.1, 0.15) is 23.0 Å². The summed E-state index contributed by atoms with van der Waals surface area (Å²) in [6, 6.07) is 7.54. The summed E-state index contributed by atoms with van der Waals surface area (Å²) < 4.78 is 12.0. The van der Waals surface area contributed by atoms with Gasteiger partial charge in [0.05, 0.1) is 24.3 Å². The number of hydrogen-bond acceptors (Lipinski definition) is 6. The molecule has 6 heteroatoms. The molecule has 6 nitrogen and oxygen atoms in total. The number of phenolic OH excluding ortho intramolecular Hbond substituents is 2. The van der Waals surface area contributed by atoms with Gasteiger partial charge in [-0.05, 0) is 75.6 Å². The quantitative estimate of drug-likeness (QED) is 0.325. The van der Waals surface area contributed by atoms with Crippen LogP contribution in [0, 0.1) is 0 Å². The van der Waals surface area contributed by atoms with Gasteiger partial charge in [-0.3, -0.25) is 9.98 Å². The molecule has 1 aliphatic carbocycles. The average Bonchev–Trinajstić information content (AvgIpc) is 2.82. The first-order valence-electron chi connectivity index (χ1n) is 14.7. The first-order chi connectivity index (χ1) is 18.6. The molecule has 0 amide bonds. The molecule has 0 aromatic heterocycles. The van der Waals surface area contributed by atoms with Crippen molar-refractivity contribution in [2.45, 2.75) is 130 Å². The van der Waals surface area contributed by atoms with Crippen molar-refractivity contribution in [1.29, 1.82) is 0 Å². The van der Waals surface area contributed by atoms with Gasteiger partial charge in [0.2, 0.25) is 0 Å². The highest BCUT2D eigenvalue weighted by Gasteiger charge is 2.26. The van der Waals surface area contributed by atoms with Gasteiger partial charge in [0.25, 0.3) is 0 Å². The summed E-state index contributed by atoms with van der Waals surface area (Å²) >= 11 is 0. The first-order valence-corrected chi connectivity index (χ1v) is 14.7. The van der Waals surface area contributed by atoms with Crippen molar-refractivity contribution >= 4 is 12.4 Å². The highest BCUT2D eigenvalue weighted by atomic mass is 16.5. The third-order valence-electron chi connectivity index (χ3n) is 7.09. The zero-order chi connectivity index (χ0) is 29.8. The molecule has 0 spiro atoms. The van der Waals surface area contributed by atoms with E-state index in [2.05, 4.69) is 41.5 Å². The summed E-state index contributed by atoms with van der Waals surface area (Å²) in [5.41, 5.74) is 2.48. The summed E-state index contributed by atoms with van der Waals surface area (Å²) in [4.78, 5) is 9.89. The fraction of sp³-hybridized carbons (Fsp3) is 0.588. The molecule has 3 rings (SSSR count). The lowest BCUT2D eigenvalue weighted by atomic mass is 9.85. The Morgan fingerprint density at radius 3 is 1.32 bits per heavy atom. The minimum atomic E-state index is -0.248. The molecule has 1 fully saturated rings. The van der Waals surface area contributed by atoms with Crippen molar-refractivity contribution in [3.63, 3.8) is 0 Å². The fourth-order valence-electron chi connectivity index (χ4n) is 5.07. The average molecular weight is 551 g/mol. The lowest BCUT2D eigenvalue weighted by molar-refractivity contribution is 0.241. The van der Waals surface area contributed by atoms with Crippen LogP contribution in [0.4, 0.5) is 0 Å². The Bertz CT molecular complexity index is 1120. The van der Waals surface area contributed by atoms with Gasteiger partial charge in [-0.25, -0.2) is 0 Å². The summed E-state index contributed by atoms with van der Waals surface area (Å²) in [5, 5.41) is 22.2. The topological polar surface area (TPSA) is 83.6 Å². The maximum atomic E-state index is 11.1. The van der Waals surface area contributed by atoms with Crippen molar-refractivity contribution < 1.29 is 19.7 Å². The summed E-state index contributed by atoms with van der Waals surface area (Å²) in [5.74, 6) is 1.94. The molecule has 0 radical (unpaired) electrons. The van der Waals surface area contributed by atoms with Crippen LogP contribution in [0.25, 0.3) is 0 Å². The number of rotatable bonds is 8. The smallest absolute Gasteiger partial charge is 0.128 e. The van der Waals surface area contributed by atoms with E-state index in [0.29, 0.717) is 11.1 Å². The predicted octanol–water partition coefficient (Wildman–Crippen LogP) is 8.12. The molecule has 40 heavy (non-hydrogen) atoms. The van der Waals surface area contributed by atoms with E-state index in [1.165, 1.54) is 0 Å². The van der Waals surface area contributed by atoms with Crippen LogP contribution in [0.1, 0.15) is 117 Å². The van der Waals surface area contributed by atoms with Gasteiger partial charge in [-0.1, -0.05) is 54.4 Å². The second-order valence-electron chi connectivity index (χ2n) is 13.6. The predicted molar refractivity (Wildman–Crippen MR) is 166 cm³/mol. The van der Waals surface area contributed by atoms with Crippen LogP contribution in [-0.4, -0.2) is 46.9 Å². The van der Waals surface area contributed by atoms with Crippen LogP contribution in [0.3, 0.4) is 0 Å². The van der Waals surface area contributed by atoms with E-state index >= 15 is 0 Å². The third-order valence-corrected chi connectivity index (χ3v) is 7.09. The molecule has 2 N–H and O–H groups in total. The van der Waals surface area contributed by atoms with E-state index in [1.54, 1.807) is 12.4 Å². The molecule has 0 bridgehead atoms. The normalized spacial score (nSPS) is 18.8. The van der Waals surface area contributed by atoms with Gasteiger partial charge in [0, 0.05) is 34.7 Å². The number of nitrogens with zero attached hydrogens (tertiary/aromatic N) is 2. The third kappa shape index (κ3) is 8.25. The Morgan fingerprint density at radius 2 is 1.02 bits per heavy atom. The van der Waals surface area contributed by atoms with Crippen LogP contribution < -0.4 is 9.47 Å². The monoisotopic (exact) mass is 550 g/mol. The SMILES string of the molecule is CC(C)Oc1cc(C=NC2CCCCC2N=Cc2cc(OC(C)C)cc(C(C)(C)C)c2O)c(O)c(C(C)(C)C)c1. The molecule has 1 saturated carbocycles. The Hall–Kier alpha value is -3.02. The molecule has 1 aliphatic rings. The summed E-state index contributed by atoms with van der Waals surface area (Å²) in [6.45, 7) is 20.5. The van der Waals surface area contributed by atoms with E-state index in [-0.39, 0.29) is 46.6 Å². The van der Waals surface area contributed by atoms with Gasteiger partial charge in [-0.15, -0.1) is 0 Å². The van der Waals surface area contributed by atoms with Crippen LogP contribution in [-0.2, 0) is 10.8 Å². The largest absolute Gasteiger partial charge is 0.507 e. The van der Waals surface area contributed by atoms with Crippen LogP contribution >= 0.6 is 0 Å². The number of aliphatic imine (C=N–C) groups is 2. The number of hydrogen-bond donors (Lipinski definition) is 2. The van der Waals surface area contributed by atoms with E-state index in [0.717, 1.165) is 48.3 Å². The molecular weight excluding hydrogens is 500 g/mol. The van der Waals surface area contributed by atoms with Crippen molar-refractivity contribution in [2.24, 2.45) is 9.98 Å². The highest BCUT2D eigenvalue weighted by molar-refractivity contribution is 5.86. The lowest BCUT2D eigenvalue weighted by Gasteiger charge is -2.26.